The van der Waals surface area contributed by atoms with Gasteiger partial charge in [-0.1, -0.05) is 31.2 Å². The quantitative estimate of drug-likeness (QED) is 0.586. The first-order valence-corrected chi connectivity index (χ1v) is 10.9. The number of imidazole rings is 1. The number of halogens is 2. The van der Waals surface area contributed by atoms with Gasteiger partial charge in [0.15, 0.2) is 0 Å². The number of carbonyl (C=O) groups excluding carboxylic acids is 1. The number of hydrogen-bond donors (Lipinski definition) is 1. The standard InChI is InChI=1S/C20H21F2N3O4S/c1-2-12-24-15-8-4-5-9-16(15)25(20(24)27)13-11-18(26)23-14-7-3-6-10-17(14)30(28,29)19(21)22/h3-10,19H,2,11-13H2,1H3,(H,23,26). The average molecular weight is 437 g/mol. The number of para-hydroxylation sites is 3. The van der Waals surface area contributed by atoms with Gasteiger partial charge in [-0.15, -0.1) is 0 Å². The van der Waals surface area contributed by atoms with Crippen molar-refractivity contribution in [1.29, 1.82) is 0 Å². The number of fused-ring (bicyclic) bond motifs is 1. The van der Waals surface area contributed by atoms with Crippen molar-refractivity contribution in [3.8, 4) is 0 Å². The molecule has 0 aliphatic rings. The Hall–Kier alpha value is -3.01. The summed E-state index contributed by atoms with van der Waals surface area (Å²) in [5.41, 5.74) is 0.984. The first kappa shape index (κ1) is 21.7. The third-order valence-corrected chi connectivity index (χ3v) is 6.08. The minimum absolute atomic E-state index is 0.0612. The third kappa shape index (κ3) is 4.13. The van der Waals surface area contributed by atoms with Gasteiger partial charge in [-0.3, -0.25) is 13.9 Å². The van der Waals surface area contributed by atoms with E-state index in [1.54, 1.807) is 16.7 Å². The Balaban J connectivity index is 1.82. The van der Waals surface area contributed by atoms with E-state index in [2.05, 4.69) is 5.32 Å². The molecule has 2 aromatic carbocycles. The molecular weight excluding hydrogens is 416 g/mol. The fraction of sp³-hybridized carbons (Fsp3) is 0.300. The maximum Gasteiger partial charge on any atom is 0.341 e. The molecule has 1 aromatic heterocycles. The van der Waals surface area contributed by atoms with Crippen molar-refractivity contribution in [3.63, 3.8) is 0 Å². The summed E-state index contributed by atoms with van der Waals surface area (Å²) in [6, 6.07) is 12.2. The van der Waals surface area contributed by atoms with E-state index in [9.17, 15) is 26.8 Å². The summed E-state index contributed by atoms with van der Waals surface area (Å²) in [4.78, 5) is 24.5. The van der Waals surface area contributed by atoms with Crippen molar-refractivity contribution in [1.82, 2.24) is 9.13 Å². The van der Waals surface area contributed by atoms with E-state index in [-0.39, 0.29) is 24.3 Å². The molecular formula is C20H21F2N3O4S. The topological polar surface area (TPSA) is 90.2 Å². The van der Waals surface area contributed by atoms with Crippen LogP contribution in [0.3, 0.4) is 0 Å². The summed E-state index contributed by atoms with van der Waals surface area (Å²) in [6.07, 6.45) is 0.632. The van der Waals surface area contributed by atoms with Crippen molar-refractivity contribution in [2.75, 3.05) is 5.32 Å². The molecule has 10 heteroatoms. The highest BCUT2D eigenvalue weighted by Gasteiger charge is 2.29. The number of carbonyl (C=O) groups is 1. The molecule has 0 unspecified atom stereocenters. The second-order valence-corrected chi connectivity index (χ2v) is 8.56. The first-order valence-electron chi connectivity index (χ1n) is 9.36. The Bertz CT molecular complexity index is 1230. The normalized spacial score (nSPS) is 11.9. The van der Waals surface area contributed by atoms with Gasteiger partial charge in [0.1, 0.15) is 0 Å². The monoisotopic (exact) mass is 437 g/mol. The first-order chi connectivity index (χ1) is 14.3. The van der Waals surface area contributed by atoms with Gasteiger partial charge < -0.3 is 5.32 Å². The zero-order chi connectivity index (χ0) is 21.9. The zero-order valence-electron chi connectivity index (χ0n) is 16.2. The number of nitrogens with zero attached hydrogens (tertiary/aromatic N) is 2. The van der Waals surface area contributed by atoms with Crippen molar-refractivity contribution in [2.45, 2.75) is 43.5 Å². The van der Waals surface area contributed by atoms with Crippen molar-refractivity contribution < 1.29 is 22.0 Å². The van der Waals surface area contributed by atoms with Gasteiger partial charge in [-0.2, -0.15) is 8.78 Å². The van der Waals surface area contributed by atoms with Gasteiger partial charge in [-0.05, 0) is 30.7 Å². The van der Waals surface area contributed by atoms with E-state index >= 15 is 0 Å². The lowest BCUT2D eigenvalue weighted by atomic mass is 10.3. The van der Waals surface area contributed by atoms with Gasteiger partial charge in [0.2, 0.25) is 15.7 Å². The minimum atomic E-state index is -4.87. The Morgan fingerprint density at radius 3 is 2.17 bits per heavy atom. The van der Waals surface area contributed by atoms with E-state index in [1.165, 1.54) is 22.8 Å². The molecule has 0 atom stereocenters. The zero-order valence-corrected chi connectivity index (χ0v) is 17.0. The molecule has 1 amide bonds. The van der Waals surface area contributed by atoms with E-state index in [4.69, 9.17) is 0 Å². The molecule has 0 saturated heterocycles. The average Bonchev–Trinajstić information content (AvgIpc) is 2.98. The molecule has 3 rings (SSSR count). The number of nitrogens with one attached hydrogen (secondary N) is 1. The number of anilines is 1. The fourth-order valence-electron chi connectivity index (χ4n) is 3.27. The molecule has 1 heterocycles. The second kappa shape index (κ2) is 8.78. The predicted molar refractivity (Wildman–Crippen MR) is 109 cm³/mol. The Kier molecular flexibility index (Phi) is 6.35. The lowest BCUT2D eigenvalue weighted by molar-refractivity contribution is -0.116. The summed E-state index contributed by atoms with van der Waals surface area (Å²) in [5, 5.41) is 2.37. The maximum absolute atomic E-state index is 12.9. The van der Waals surface area contributed by atoms with Crippen LogP contribution in [0.4, 0.5) is 14.5 Å². The lowest BCUT2D eigenvalue weighted by Gasteiger charge is -2.11. The molecule has 0 bridgehead atoms. The number of amides is 1. The SMILES string of the molecule is CCCn1c(=O)n(CCC(=O)Nc2ccccc2S(=O)(=O)C(F)F)c2ccccc21. The maximum atomic E-state index is 12.9. The van der Waals surface area contributed by atoms with Crippen LogP contribution in [0.5, 0.6) is 0 Å². The molecule has 0 aliphatic heterocycles. The Labute approximate surface area is 171 Å². The molecule has 7 nitrogen and oxygen atoms in total. The van der Waals surface area contributed by atoms with Crippen LogP contribution in [0.15, 0.2) is 58.2 Å². The van der Waals surface area contributed by atoms with Crippen LogP contribution < -0.4 is 11.0 Å². The molecule has 3 aromatic rings. The second-order valence-electron chi connectivity index (χ2n) is 6.67. The van der Waals surface area contributed by atoms with Crippen LogP contribution in [-0.4, -0.2) is 29.2 Å². The molecule has 160 valence electrons. The molecule has 30 heavy (non-hydrogen) atoms. The largest absolute Gasteiger partial charge is 0.341 e. The summed E-state index contributed by atoms with van der Waals surface area (Å²) >= 11 is 0. The number of hydrogen-bond acceptors (Lipinski definition) is 4. The number of aromatic nitrogens is 2. The van der Waals surface area contributed by atoms with Gasteiger partial charge in [0.05, 0.1) is 21.6 Å². The summed E-state index contributed by atoms with van der Waals surface area (Å²) < 4.78 is 52.6. The van der Waals surface area contributed by atoms with Crippen LogP contribution in [-0.2, 0) is 27.7 Å². The van der Waals surface area contributed by atoms with E-state index in [0.717, 1.165) is 18.0 Å². The van der Waals surface area contributed by atoms with Gasteiger partial charge in [-0.25, -0.2) is 13.2 Å². The fourth-order valence-corrected chi connectivity index (χ4v) is 4.15. The Morgan fingerprint density at radius 1 is 1.00 bits per heavy atom. The summed E-state index contributed by atoms with van der Waals surface area (Å²) in [6.45, 7) is 2.56. The van der Waals surface area contributed by atoms with E-state index in [0.29, 0.717) is 12.1 Å². The number of alkyl halides is 2. The van der Waals surface area contributed by atoms with Crippen LogP contribution in [0.1, 0.15) is 19.8 Å². The highest BCUT2D eigenvalue weighted by Crippen LogP contribution is 2.26. The predicted octanol–water partition coefficient (Wildman–Crippen LogP) is 3.24. The van der Waals surface area contributed by atoms with Gasteiger partial charge in [0.25, 0.3) is 0 Å². The molecule has 0 aliphatic carbocycles. The molecule has 0 radical (unpaired) electrons. The van der Waals surface area contributed by atoms with Crippen LogP contribution in [0.2, 0.25) is 0 Å². The van der Waals surface area contributed by atoms with Crippen LogP contribution in [0.25, 0.3) is 11.0 Å². The molecule has 0 spiro atoms. The van der Waals surface area contributed by atoms with Crippen molar-refractivity contribution in [3.05, 3.63) is 59.0 Å². The van der Waals surface area contributed by atoms with E-state index in [1.807, 2.05) is 19.1 Å². The highest BCUT2D eigenvalue weighted by atomic mass is 32.2. The number of benzene rings is 2. The van der Waals surface area contributed by atoms with Crippen LogP contribution in [0, 0.1) is 0 Å². The van der Waals surface area contributed by atoms with Gasteiger partial charge >= 0.3 is 11.4 Å². The highest BCUT2D eigenvalue weighted by molar-refractivity contribution is 7.91. The van der Waals surface area contributed by atoms with Gasteiger partial charge in [0, 0.05) is 19.5 Å². The van der Waals surface area contributed by atoms with Crippen molar-refractivity contribution >= 4 is 32.5 Å². The number of rotatable bonds is 8. The molecule has 1 N–H and O–H groups in total. The summed E-state index contributed by atoms with van der Waals surface area (Å²) in [5.74, 6) is -4.19. The molecule has 0 fully saturated rings. The summed E-state index contributed by atoms with van der Waals surface area (Å²) in [7, 11) is -4.87. The number of aryl methyl sites for hydroxylation is 2. The molecule has 0 saturated carbocycles. The number of sulfone groups is 1. The van der Waals surface area contributed by atoms with Crippen molar-refractivity contribution in [2.24, 2.45) is 0 Å². The van der Waals surface area contributed by atoms with Crippen LogP contribution >= 0.6 is 0 Å². The third-order valence-electron chi connectivity index (χ3n) is 4.64. The minimum Gasteiger partial charge on any atom is -0.325 e. The van der Waals surface area contributed by atoms with E-state index < -0.39 is 26.4 Å². The smallest absolute Gasteiger partial charge is 0.325 e. The lowest BCUT2D eigenvalue weighted by Crippen LogP contribution is -2.26. The Morgan fingerprint density at radius 2 is 1.57 bits per heavy atom.